The zero-order valence-electron chi connectivity index (χ0n) is 14.8. The van der Waals surface area contributed by atoms with E-state index in [0.717, 1.165) is 23.9 Å². The average Bonchev–Trinajstić information content (AvgIpc) is 2.67. The second-order valence-electron chi connectivity index (χ2n) is 6.04. The van der Waals surface area contributed by atoms with Gasteiger partial charge in [0.15, 0.2) is 10.9 Å². The summed E-state index contributed by atoms with van der Waals surface area (Å²) in [6, 6.07) is 10.0. The van der Waals surface area contributed by atoms with Crippen LogP contribution in [0.3, 0.4) is 0 Å². The van der Waals surface area contributed by atoms with E-state index in [2.05, 4.69) is 9.97 Å². The standard InChI is InChI=1S/C20H15ClF2N2O2S/c1-11-17(9-14-15(22)3-2-4-16(14)23)24-20(25-19(11)27)28-10-18(26)12-5-7-13(21)8-6-12/h2-8H,9-10H2,1H3,(H,24,25,27). The maximum atomic E-state index is 13.9. The maximum absolute atomic E-state index is 13.9. The van der Waals surface area contributed by atoms with Crippen molar-refractivity contribution in [2.75, 3.05) is 5.75 Å². The molecule has 0 bridgehead atoms. The third-order valence-electron chi connectivity index (χ3n) is 4.14. The quantitative estimate of drug-likeness (QED) is 0.360. The number of carbonyl (C=O) groups excluding carboxylic acids is 1. The molecule has 4 nitrogen and oxygen atoms in total. The van der Waals surface area contributed by atoms with Crippen LogP contribution in [0, 0.1) is 18.6 Å². The van der Waals surface area contributed by atoms with E-state index in [4.69, 9.17) is 11.6 Å². The molecule has 0 radical (unpaired) electrons. The average molecular weight is 421 g/mol. The number of aromatic amines is 1. The van der Waals surface area contributed by atoms with Crippen LogP contribution in [0.5, 0.6) is 0 Å². The van der Waals surface area contributed by atoms with Crippen molar-refractivity contribution in [3.8, 4) is 0 Å². The lowest BCUT2D eigenvalue weighted by Gasteiger charge is -2.09. The predicted octanol–water partition coefficient (Wildman–Crippen LogP) is 4.58. The van der Waals surface area contributed by atoms with E-state index in [1.807, 2.05) is 0 Å². The molecule has 144 valence electrons. The number of nitrogens with zero attached hydrogens (tertiary/aromatic N) is 1. The molecular formula is C20H15ClF2N2O2S. The molecule has 0 aliphatic rings. The fraction of sp³-hybridized carbons (Fsp3) is 0.150. The summed E-state index contributed by atoms with van der Waals surface area (Å²) in [7, 11) is 0. The number of thioether (sulfide) groups is 1. The number of rotatable bonds is 6. The molecule has 0 aliphatic carbocycles. The van der Waals surface area contributed by atoms with Crippen molar-refractivity contribution in [2.45, 2.75) is 18.5 Å². The van der Waals surface area contributed by atoms with Gasteiger partial charge in [0.2, 0.25) is 0 Å². The number of hydrogen-bond donors (Lipinski definition) is 1. The monoisotopic (exact) mass is 420 g/mol. The van der Waals surface area contributed by atoms with E-state index in [1.165, 1.54) is 13.0 Å². The lowest BCUT2D eigenvalue weighted by molar-refractivity contribution is 0.102. The number of Topliss-reactive ketones (excluding diaryl/α,β-unsaturated/α-hetero) is 1. The fourth-order valence-electron chi connectivity index (χ4n) is 2.52. The van der Waals surface area contributed by atoms with Gasteiger partial charge in [0.05, 0.1) is 11.4 Å². The molecule has 2 aromatic carbocycles. The molecule has 0 amide bonds. The zero-order chi connectivity index (χ0) is 20.3. The van der Waals surface area contributed by atoms with E-state index < -0.39 is 17.2 Å². The summed E-state index contributed by atoms with van der Waals surface area (Å²) in [5.74, 6) is -1.52. The summed E-state index contributed by atoms with van der Waals surface area (Å²) in [5, 5.41) is 0.739. The van der Waals surface area contributed by atoms with Crippen molar-refractivity contribution in [1.82, 2.24) is 9.97 Å². The highest BCUT2D eigenvalue weighted by atomic mass is 35.5. The summed E-state index contributed by atoms with van der Waals surface area (Å²) < 4.78 is 27.9. The minimum Gasteiger partial charge on any atom is -0.301 e. The molecule has 28 heavy (non-hydrogen) atoms. The Kier molecular flexibility index (Phi) is 6.26. The van der Waals surface area contributed by atoms with Crippen molar-refractivity contribution in [2.24, 2.45) is 0 Å². The molecule has 1 N–H and O–H groups in total. The Labute approximate surface area is 169 Å². The predicted molar refractivity (Wildman–Crippen MR) is 105 cm³/mol. The molecule has 0 saturated heterocycles. The van der Waals surface area contributed by atoms with Gasteiger partial charge in [-0.15, -0.1) is 0 Å². The van der Waals surface area contributed by atoms with E-state index in [0.29, 0.717) is 10.6 Å². The maximum Gasteiger partial charge on any atom is 0.254 e. The van der Waals surface area contributed by atoms with Crippen LogP contribution in [0.2, 0.25) is 5.02 Å². The van der Waals surface area contributed by atoms with Crippen LogP contribution in [0.25, 0.3) is 0 Å². The lowest BCUT2D eigenvalue weighted by atomic mass is 10.1. The highest BCUT2D eigenvalue weighted by Gasteiger charge is 2.15. The van der Waals surface area contributed by atoms with Gasteiger partial charge in [-0.1, -0.05) is 29.4 Å². The first-order valence-electron chi connectivity index (χ1n) is 8.29. The van der Waals surface area contributed by atoms with Gasteiger partial charge in [0, 0.05) is 28.1 Å². The summed E-state index contributed by atoms with van der Waals surface area (Å²) in [6.07, 6.45) is -0.160. The third kappa shape index (κ3) is 4.66. The normalized spacial score (nSPS) is 10.9. The SMILES string of the molecule is Cc1c(Cc2c(F)cccc2F)nc(SCC(=O)c2ccc(Cl)cc2)[nH]c1=O. The molecule has 1 aromatic heterocycles. The van der Waals surface area contributed by atoms with E-state index in [1.54, 1.807) is 24.3 Å². The minimum absolute atomic E-state index is 0.0428. The Hall–Kier alpha value is -2.51. The zero-order valence-corrected chi connectivity index (χ0v) is 16.3. The van der Waals surface area contributed by atoms with Crippen molar-refractivity contribution in [3.63, 3.8) is 0 Å². The minimum atomic E-state index is -0.700. The Balaban J connectivity index is 1.80. The smallest absolute Gasteiger partial charge is 0.254 e. The van der Waals surface area contributed by atoms with Crippen LogP contribution in [0.1, 0.15) is 27.2 Å². The highest BCUT2D eigenvalue weighted by Crippen LogP contribution is 2.20. The Bertz CT molecular complexity index is 1060. The second-order valence-corrected chi connectivity index (χ2v) is 7.44. The topological polar surface area (TPSA) is 62.8 Å². The van der Waals surface area contributed by atoms with Gasteiger partial charge >= 0.3 is 0 Å². The van der Waals surface area contributed by atoms with Crippen LogP contribution in [0.15, 0.2) is 52.4 Å². The first kappa shape index (κ1) is 20.2. The molecule has 0 aliphatic heterocycles. The van der Waals surface area contributed by atoms with Gasteiger partial charge in [0.1, 0.15) is 11.6 Å². The number of carbonyl (C=O) groups is 1. The van der Waals surface area contributed by atoms with Gasteiger partial charge in [-0.2, -0.15) is 0 Å². The van der Waals surface area contributed by atoms with Crippen molar-refractivity contribution in [1.29, 1.82) is 0 Å². The highest BCUT2D eigenvalue weighted by molar-refractivity contribution is 7.99. The number of halogens is 3. The number of hydrogen-bond acceptors (Lipinski definition) is 4. The number of benzene rings is 2. The van der Waals surface area contributed by atoms with E-state index >= 15 is 0 Å². The lowest BCUT2D eigenvalue weighted by Crippen LogP contribution is -2.17. The molecule has 0 saturated carbocycles. The number of H-pyrrole nitrogens is 1. The molecule has 0 spiro atoms. The van der Waals surface area contributed by atoms with Crippen molar-refractivity contribution < 1.29 is 13.6 Å². The summed E-state index contributed by atoms with van der Waals surface area (Å²) in [4.78, 5) is 31.3. The Morgan fingerprint density at radius 3 is 2.43 bits per heavy atom. The van der Waals surface area contributed by atoms with Gasteiger partial charge < -0.3 is 4.98 Å². The Morgan fingerprint density at radius 1 is 1.14 bits per heavy atom. The number of nitrogens with one attached hydrogen (secondary N) is 1. The Morgan fingerprint density at radius 2 is 1.79 bits per heavy atom. The number of ketones is 1. The molecule has 3 rings (SSSR count). The molecular weight excluding hydrogens is 406 g/mol. The summed E-state index contributed by atoms with van der Waals surface area (Å²) in [6.45, 7) is 1.53. The third-order valence-corrected chi connectivity index (χ3v) is 5.27. The van der Waals surface area contributed by atoms with Gasteiger partial charge in [-0.05, 0) is 43.3 Å². The van der Waals surface area contributed by atoms with Crippen LogP contribution < -0.4 is 5.56 Å². The number of aromatic nitrogens is 2. The van der Waals surface area contributed by atoms with E-state index in [9.17, 15) is 18.4 Å². The molecule has 0 atom stereocenters. The second kappa shape index (κ2) is 8.67. The first-order valence-corrected chi connectivity index (χ1v) is 9.65. The molecule has 1 heterocycles. The van der Waals surface area contributed by atoms with Crippen molar-refractivity contribution in [3.05, 3.63) is 91.9 Å². The van der Waals surface area contributed by atoms with Gasteiger partial charge in [-0.3, -0.25) is 9.59 Å². The molecule has 0 unspecified atom stereocenters. The molecule has 8 heteroatoms. The largest absolute Gasteiger partial charge is 0.301 e. The molecule has 3 aromatic rings. The summed E-state index contributed by atoms with van der Waals surface area (Å²) in [5.41, 5.74) is 0.449. The van der Waals surface area contributed by atoms with Crippen molar-refractivity contribution >= 4 is 29.1 Å². The van der Waals surface area contributed by atoms with Crippen LogP contribution in [0.4, 0.5) is 8.78 Å². The van der Waals surface area contributed by atoms with Crippen LogP contribution >= 0.6 is 23.4 Å². The van der Waals surface area contributed by atoms with Gasteiger partial charge in [-0.25, -0.2) is 13.8 Å². The van der Waals surface area contributed by atoms with Gasteiger partial charge in [0.25, 0.3) is 5.56 Å². The van der Waals surface area contributed by atoms with Crippen LogP contribution in [-0.2, 0) is 6.42 Å². The molecule has 0 fully saturated rings. The van der Waals surface area contributed by atoms with Crippen LogP contribution in [-0.4, -0.2) is 21.5 Å². The fourth-order valence-corrected chi connectivity index (χ4v) is 3.42. The van der Waals surface area contributed by atoms with E-state index in [-0.39, 0.29) is 39.9 Å². The summed E-state index contributed by atoms with van der Waals surface area (Å²) >= 11 is 6.85. The first-order chi connectivity index (χ1) is 13.3.